The zero-order valence-electron chi connectivity index (χ0n) is 15.4. The number of hydrogen-bond acceptors (Lipinski definition) is 5. The Hall–Kier alpha value is -2.45. The van der Waals surface area contributed by atoms with Gasteiger partial charge in [0.25, 0.3) is 0 Å². The maximum atomic E-state index is 13.3. The summed E-state index contributed by atoms with van der Waals surface area (Å²) in [6, 6.07) is 8.36. The monoisotopic (exact) mass is 434 g/mol. The van der Waals surface area contributed by atoms with Crippen LogP contribution in [0.4, 0.5) is 0 Å². The van der Waals surface area contributed by atoms with Crippen molar-refractivity contribution >= 4 is 33.3 Å². The van der Waals surface area contributed by atoms with E-state index in [-0.39, 0.29) is 28.8 Å². The Morgan fingerprint density at radius 2 is 1.79 bits per heavy atom. The van der Waals surface area contributed by atoms with E-state index >= 15 is 0 Å². The normalized spacial score (nSPS) is 23.0. The summed E-state index contributed by atoms with van der Waals surface area (Å²) in [6.07, 6.45) is 4.21. The summed E-state index contributed by atoms with van der Waals surface area (Å²) >= 11 is 6.07. The van der Waals surface area contributed by atoms with Crippen LogP contribution < -0.4 is 0 Å². The van der Waals surface area contributed by atoms with Crippen LogP contribution >= 0.6 is 11.6 Å². The Bertz CT molecular complexity index is 1070. The van der Waals surface area contributed by atoms with Gasteiger partial charge < -0.3 is 10.0 Å². The first-order chi connectivity index (χ1) is 13.8. The van der Waals surface area contributed by atoms with Gasteiger partial charge in [0.05, 0.1) is 20.6 Å². The van der Waals surface area contributed by atoms with Crippen molar-refractivity contribution in [2.75, 3.05) is 6.54 Å². The van der Waals surface area contributed by atoms with Crippen LogP contribution in [0.2, 0.25) is 5.02 Å². The highest BCUT2D eigenvalue weighted by molar-refractivity contribution is 7.92. The van der Waals surface area contributed by atoms with Crippen molar-refractivity contribution < 1.29 is 23.1 Å². The SMILES string of the molecule is O=C(O)[C@@H]1C[C@@H](S(=O)(=O)c2ccccc2Cl)CN1C(=O)C1(c2ccncc2)CC1. The molecule has 2 fully saturated rings. The molecule has 1 amide bonds. The molecule has 1 saturated heterocycles. The number of aliphatic carboxylic acids is 1. The van der Waals surface area contributed by atoms with Crippen LogP contribution in [0, 0.1) is 0 Å². The van der Waals surface area contributed by atoms with Crippen LogP contribution in [0.1, 0.15) is 24.8 Å². The minimum Gasteiger partial charge on any atom is -0.480 e. The van der Waals surface area contributed by atoms with Crippen molar-refractivity contribution in [3.8, 4) is 0 Å². The van der Waals surface area contributed by atoms with E-state index in [0.717, 1.165) is 5.56 Å². The highest BCUT2D eigenvalue weighted by Gasteiger charge is 2.57. The van der Waals surface area contributed by atoms with Crippen LogP contribution in [-0.2, 0) is 24.8 Å². The molecule has 0 bridgehead atoms. The zero-order chi connectivity index (χ0) is 20.8. The number of carbonyl (C=O) groups is 2. The number of carboxylic acid groups (broad SMARTS) is 1. The molecule has 1 aromatic heterocycles. The molecule has 2 atom stereocenters. The van der Waals surface area contributed by atoms with Gasteiger partial charge in [-0.25, -0.2) is 13.2 Å². The quantitative estimate of drug-likeness (QED) is 0.774. The topological polar surface area (TPSA) is 105 Å². The Morgan fingerprint density at radius 3 is 2.38 bits per heavy atom. The van der Waals surface area contributed by atoms with Crippen LogP contribution in [0.15, 0.2) is 53.7 Å². The summed E-state index contributed by atoms with van der Waals surface area (Å²) in [7, 11) is -3.89. The van der Waals surface area contributed by atoms with E-state index in [9.17, 15) is 23.1 Å². The van der Waals surface area contributed by atoms with Crippen molar-refractivity contribution in [1.82, 2.24) is 9.88 Å². The van der Waals surface area contributed by atoms with Crippen molar-refractivity contribution in [3.05, 3.63) is 59.4 Å². The zero-order valence-corrected chi connectivity index (χ0v) is 16.9. The number of nitrogens with zero attached hydrogens (tertiary/aromatic N) is 2. The van der Waals surface area contributed by atoms with E-state index < -0.39 is 32.5 Å². The molecule has 0 spiro atoms. The molecule has 7 nitrogen and oxygen atoms in total. The van der Waals surface area contributed by atoms with Gasteiger partial charge in [-0.1, -0.05) is 23.7 Å². The number of carboxylic acids is 1. The number of carbonyl (C=O) groups excluding carboxylic acids is 1. The fourth-order valence-corrected chi connectivity index (χ4v) is 6.25. The van der Waals surface area contributed by atoms with E-state index in [1.54, 1.807) is 36.7 Å². The van der Waals surface area contributed by atoms with Crippen molar-refractivity contribution in [3.63, 3.8) is 0 Å². The fourth-order valence-electron chi connectivity index (χ4n) is 4.03. The van der Waals surface area contributed by atoms with E-state index in [1.165, 1.54) is 17.0 Å². The summed E-state index contributed by atoms with van der Waals surface area (Å²) in [4.78, 5) is 30.3. The van der Waals surface area contributed by atoms with E-state index in [0.29, 0.717) is 12.8 Å². The average Bonchev–Trinajstić information content (AvgIpc) is 3.39. The van der Waals surface area contributed by atoms with Gasteiger partial charge in [0.1, 0.15) is 6.04 Å². The van der Waals surface area contributed by atoms with E-state index in [4.69, 9.17) is 11.6 Å². The van der Waals surface area contributed by atoms with Gasteiger partial charge in [-0.2, -0.15) is 0 Å². The van der Waals surface area contributed by atoms with Crippen molar-refractivity contribution in [2.24, 2.45) is 0 Å². The van der Waals surface area contributed by atoms with Crippen molar-refractivity contribution in [2.45, 2.75) is 40.9 Å². The second kappa shape index (κ2) is 7.11. The molecular weight excluding hydrogens is 416 g/mol. The summed E-state index contributed by atoms with van der Waals surface area (Å²) in [6.45, 7) is -0.170. The van der Waals surface area contributed by atoms with E-state index in [1.807, 2.05) is 0 Å². The lowest BCUT2D eigenvalue weighted by Gasteiger charge is -2.27. The molecule has 0 radical (unpaired) electrons. The lowest BCUT2D eigenvalue weighted by Crippen LogP contribution is -2.46. The molecule has 152 valence electrons. The van der Waals surface area contributed by atoms with Gasteiger partial charge in [0.15, 0.2) is 9.84 Å². The summed E-state index contributed by atoms with van der Waals surface area (Å²) in [5.41, 5.74) is -0.0151. The summed E-state index contributed by atoms with van der Waals surface area (Å²) in [5.74, 6) is -1.55. The van der Waals surface area contributed by atoms with Gasteiger partial charge in [-0.3, -0.25) is 9.78 Å². The van der Waals surface area contributed by atoms with Gasteiger partial charge in [-0.15, -0.1) is 0 Å². The molecule has 29 heavy (non-hydrogen) atoms. The second-order valence-electron chi connectivity index (χ2n) is 7.46. The molecule has 1 aliphatic heterocycles. The number of rotatable bonds is 5. The maximum Gasteiger partial charge on any atom is 0.326 e. The predicted octanol–water partition coefficient (Wildman–Crippen LogP) is 2.29. The number of amides is 1. The molecule has 1 N–H and O–H groups in total. The molecule has 0 unspecified atom stereocenters. The number of aromatic nitrogens is 1. The smallest absolute Gasteiger partial charge is 0.326 e. The molecule has 2 aliphatic rings. The highest BCUT2D eigenvalue weighted by Crippen LogP contribution is 2.50. The van der Waals surface area contributed by atoms with Gasteiger partial charge in [-0.05, 0) is 49.1 Å². The second-order valence-corrected chi connectivity index (χ2v) is 10.1. The lowest BCUT2D eigenvalue weighted by atomic mass is 9.95. The first-order valence-corrected chi connectivity index (χ1v) is 11.1. The molecule has 1 aromatic carbocycles. The Labute approximate surface area is 173 Å². The Morgan fingerprint density at radius 1 is 1.14 bits per heavy atom. The molecule has 1 aliphatic carbocycles. The number of hydrogen-bond donors (Lipinski definition) is 1. The number of pyridine rings is 1. The largest absolute Gasteiger partial charge is 0.480 e. The number of benzene rings is 1. The minimum atomic E-state index is -3.89. The maximum absolute atomic E-state index is 13.3. The van der Waals surface area contributed by atoms with Gasteiger partial charge >= 0.3 is 5.97 Å². The van der Waals surface area contributed by atoms with Crippen LogP contribution in [0.5, 0.6) is 0 Å². The first kappa shape index (κ1) is 19.8. The Kier molecular flexibility index (Phi) is 4.86. The van der Waals surface area contributed by atoms with Gasteiger partial charge in [0, 0.05) is 18.9 Å². The summed E-state index contributed by atoms with van der Waals surface area (Å²) < 4.78 is 26.2. The van der Waals surface area contributed by atoms with Crippen LogP contribution in [0.25, 0.3) is 0 Å². The minimum absolute atomic E-state index is 0.0413. The number of sulfone groups is 1. The van der Waals surface area contributed by atoms with Gasteiger partial charge in [0.2, 0.25) is 5.91 Å². The lowest BCUT2D eigenvalue weighted by molar-refractivity contribution is -0.149. The highest BCUT2D eigenvalue weighted by atomic mass is 35.5. The van der Waals surface area contributed by atoms with Crippen molar-refractivity contribution in [1.29, 1.82) is 0 Å². The van der Waals surface area contributed by atoms with Crippen LogP contribution in [-0.4, -0.2) is 53.1 Å². The molecular formula is C20H19ClN2O5S. The third kappa shape index (κ3) is 3.30. The number of halogens is 1. The standard InChI is InChI=1S/C20H19ClN2O5S/c21-15-3-1-2-4-17(15)29(27,28)14-11-16(18(24)25)23(12-14)19(26)20(7-8-20)13-5-9-22-10-6-13/h1-6,9-10,14,16H,7-8,11-12H2,(H,24,25)/t14-,16+/m1/s1. The predicted molar refractivity (Wildman–Crippen MR) is 105 cm³/mol. The molecule has 9 heteroatoms. The van der Waals surface area contributed by atoms with E-state index in [2.05, 4.69) is 4.98 Å². The van der Waals surface area contributed by atoms with Crippen LogP contribution in [0.3, 0.4) is 0 Å². The average molecular weight is 435 g/mol. The third-order valence-corrected chi connectivity index (χ3v) is 8.41. The third-order valence-electron chi connectivity index (χ3n) is 5.78. The first-order valence-electron chi connectivity index (χ1n) is 9.20. The molecule has 1 saturated carbocycles. The number of likely N-dealkylation sites (tertiary alicyclic amines) is 1. The Balaban J connectivity index is 1.66. The molecule has 4 rings (SSSR count). The fraction of sp³-hybridized carbons (Fsp3) is 0.350. The molecule has 2 heterocycles. The summed E-state index contributed by atoms with van der Waals surface area (Å²) in [5, 5.41) is 8.73. The molecule has 2 aromatic rings.